The van der Waals surface area contributed by atoms with Crippen molar-refractivity contribution in [2.45, 2.75) is 25.3 Å². The lowest BCUT2D eigenvalue weighted by Crippen LogP contribution is -2.33. The van der Waals surface area contributed by atoms with Crippen LogP contribution in [0.5, 0.6) is 0 Å². The number of hydrogen-bond donors (Lipinski definition) is 0. The van der Waals surface area contributed by atoms with E-state index in [0.29, 0.717) is 35.5 Å². The summed E-state index contributed by atoms with van der Waals surface area (Å²) in [6.45, 7) is 1.48. The molecule has 1 aromatic heterocycles. The molecule has 1 amide bonds. The minimum absolute atomic E-state index is 0.0907. The molecule has 9 heteroatoms. The Hall–Kier alpha value is -3.41. The van der Waals surface area contributed by atoms with E-state index < -0.39 is 17.7 Å². The van der Waals surface area contributed by atoms with Crippen molar-refractivity contribution in [2.24, 2.45) is 22.9 Å². The quantitative estimate of drug-likeness (QED) is 0.759. The zero-order valence-electron chi connectivity index (χ0n) is 16.7. The van der Waals surface area contributed by atoms with E-state index in [1.165, 1.54) is 17.1 Å². The molecule has 0 N–H and O–H groups in total. The number of fused-ring (bicyclic) bond motifs is 1. The lowest BCUT2D eigenvalue weighted by Gasteiger charge is -2.26. The highest BCUT2D eigenvalue weighted by atomic mass is 19.1. The summed E-state index contributed by atoms with van der Waals surface area (Å²) in [7, 11) is 0. The fourth-order valence-corrected chi connectivity index (χ4v) is 5.09. The van der Waals surface area contributed by atoms with E-state index in [1.807, 2.05) is 6.07 Å². The van der Waals surface area contributed by atoms with Crippen molar-refractivity contribution >= 4 is 18.1 Å². The van der Waals surface area contributed by atoms with E-state index >= 15 is 0 Å². The molecule has 2 aromatic rings. The smallest absolute Gasteiger partial charge is 0.246 e. The van der Waals surface area contributed by atoms with E-state index in [1.54, 1.807) is 18.5 Å². The predicted molar refractivity (Wildman–Crippen MR) is 108 cm³/mol. The molecule has 1 aliphatic carbocycles. The summed E-state index contributed by atoms with van der Waals surface area (Å²) in [5.74, 6) is -0.361. The lowest BCUT2D eigenvalue weighted by molar-refractivity contribution is -0.137. The third-order valence-electron chi connectivity index (χ3n) is 6.47. The number of aromatic nitrogens is 2. The van der Waals surface area contributed by atoms with Crippen molar-refractivity contribution in [3.8, 4) is 6.07 Å². The number of carbonyl (C=O) groups is 1. The second kappa shape index (κ2) is 7.69. The third kappa shape index (κ3) is 3.63. The van der Waals surface area contributed by atoms with Gasteiger partial charge in [0.25, 0.3) is 0 Å². The highest BCUT2D eigenvalue weighted by molar-refractivity contribution is 5.82. The van der Waals surface area contributed by atoms with Crippen LogP contribution in [-0.4, -0.2) is 40.2 Å². The first kappa shape index (κ1) is 19.5. The molecule has 31 heavy (non-hydrogen) atoms. The Balaban J connectivity index is 1.26. The normalized spacial score (nSPS) is 26.9. The van der Waals surface area contributed by atoms with Crippen LogP contribution in [0.2, 0.25) is 0 Å². The Morgan fingerprint density at radius 2 is 1.84 bits per heavy atom. The lowest BCUT2D eigenvalue weighted by atomic mass is 10.0. The molecule has 0 spiro atoms. The van der Waals surface area contributed by atoms with E-state index in [4.69, 9.17) is 5.26 Å². The summed E-state index contributed by atoms with van der Waals surface area (Å²) in [6.07, 6.45) is 5.11. The maximum absolute atomic E-state index is 13.7. The number of hydrogen-bond acceptors (Lipinski definition) is 6. The number of rotatable bonds is 3. The molecule has 1 saturated heterocycles. The van der Waals surface area contributed by atoms with Gasteiger partial charge in [0.1, 0.15) is 23.4 Å². The standard InChI is InChI=1S/C22H20F2N6O/c23-17-7-13(8-18(24)9-17)20-2-4-27-30(20)21(31)14-5-15-11-29(12-16(15)6-14)22-26-3-1-19(10-25)28-22/h1,3-4,7-9,14-16,20H,2,5-6,11-12H2/t14-,15-,16+,20-/m0/s1. The number of carbonyl (C=O) groups excluding carboxylic acids is 1. The van der Waals surface area contributed by atoms with Crippen molar-refractivity contribution < 1.29 is 13.6 Å². The van der Waals surface area contributed by atoms with Gasteiger partial charge in [-0.25, -0.2) is 23.8 Å². The Morgan fingerprint density at radius 1 is 1.13 bits per heavy atom. The summed E-state index contributed by atoms with van der Waals surface area (Å²) in [5.41, 5.74) is 0.754. The van der Waals surface area contributed by atoms with Gasteiger partial charge in [-0.2, -0.15) is 10.4 Å². The van der Waals surface area contributed by atoms with Crippen molar-refractivity contribution in [2.75, 3.05) is 18.0 Å². The molecule has 2 aliphatic heterocycles. The highest BCUT2D eigenvalue weighted by Crippen LogP contribution is 2.44. The van der Waals surface area contributed by atoms with Gasteiger partial charge in [0.2, 0.25) is 11.9 Å². The second-order valence-electron chi connectivity index (χ2n) is 8.38. The topological polar surface area (TPSA) is 85.5 Å². The van der Waals surface area contributed by atoms with E-state index in [9.17, 15) is 13.6 Å². The molecule has 1 saturated carbocycles. The maximum atomic E-state index is 13.7. The van der Waals surface area contributed by atoms with Gasteiger partial charge in [-0.05, 0) is 48.4 Å². The minimum Gasteiger partial charge on any atom is -0.340 e. The monoisotopic (exact) mass is 422 g/mol. The van der Waals surface area contributed by atoms with Crippen molar-refractivity contribution in [1.29, 1.82) is 5.26 Å². The summed E-state index contributed by atoms with van der Waals surface area (Å²) >= 11 is 0. The Kier molecular flexibility index (Phi) is 4.85. The molecule has 158 valence electrons. The molecule has 3 heterocycles. The van der Waals surface area contributed by atoms with Gasteiger partial charge in [-0.15, -0.1) is 0 Å². The van der Waals surface area contributed by atoms with Crippen LogP contribution in [0.3, 0.4) is 0 Å². The van der Waals surface area contributed by atoms with Gasteiger partial charge in [0, 0.05) is 43.9 Å². The van der Waals surface area contributed by atoms with Crippen LogP contribution in [0.15, 0.2) is 35.6 Å². The number of hydrazone groups is 1. The van der Waals surface area contributed by atoms with Gasteiger partial charge in [-0.3, -0.25) is 4.79 Å². The van der Waals surface area contributed by atoms with Gasteiger partial charge in [-0.1, -0.05) is 0 Å². The Bertz CT molecular complexity index is 1070. The van der Waals surface area contributed by atoms with E-state index in [-0.39, 0.29) is 11.8 Å². The molecule has 0 bridgehead atoms. The van der Waals surface area contributed by atoms with Crippen LogP contribution in [0, 0.1) is 40.7 Å². The Morgan fingerprint density at radius 3 is 2.52 bits per heavy atom. The van der Waals surface area contributed by atoms with Crippen molar-refractivity contribution in [3.05, 3.63) is 53.4 Å². The zero-order chi connectivity index (χ0) is 21.5. The van der Waals surface area contributed by atoms with Crippen molar-refractivity contribution in [3.63, 3.8) is 0 Å². The van der Waals surface area contributed by atoms with E-state index in [2.05, 4.69) is 20.0 Å². The number of benzene rings is 1. The molecular formula is C22H20F2N6O. The first-order valence-corrected chi connectivity index (χ1v) is 10.3. The van der Waals surface area contributed by atoms with Crippen LogP contribution >= 0.6 is 0 Å². The first-order chi connectivity index (χ1) is 15.0. The Labute approximate surface area is 178 Å². The average Bonchev–Trinajstić information content (AvgIpc) is 3.47. The molecule has 4 atom stereocenters. The maximum Gasteiger partial charge on any atom is 0.246 e. The van der Waals surface area contributed by atoms with Gasteiger partial charge >= 0.3 is 0 Å². The number of amides is 1. The second-order valence-corrected chi connectivity index (χ2v) is 8.38. The van der Waals surface area contributed by atoms with Crippen LogP contribution in [0.4, 0.5) is 14.7 Å². The van der Waals surface area contributed by atoms with Gasteiger partial charge < -0.3 is 4.90 Å². The number of nitrogens with zero attached hydrogens (tertiary/aromatic N) is 6. The van der Waals surface area contributed by atoms with Crippen LogP contribution < -0.4 is 4.90 Å². The minimum atomic E-state index is -0.660. The van der Waals surface area contributed by atoms with Crippen LogP contribution in [-0.2, 0) is 4.79 Å². The number of anilines is 1. The SMILES string of the molecule is N#Cc1ccnc(N2C[C@H]3C[C@@H](C(=O)N4N=CC[C@H]4c4cc(F)cc(F)c4)C[C@H]3C2)n1. The molecule has 0 radical (unpaired) electrons. The molecule has 0 unspecified atom stereocenters. The van der Waals surface area contributed by atoms with Crippen LogP contribution in [0.1, 0.15) is 36.6 Å². The first-order valence-electron chi connectivity index (χ1n) is 10.3. The largest absolute Gasteiger partial charge is 0.340 e. The molecule has 7 nitrogen and oxygen atoms in total. The zero-order valence-corrected chi connectivity index (χ0v) is 16.7. The fourth-order valence-electron chi connectivity index (χ4n) is 5.09. The van der Waals surface area contributed by atoms with E-state index in [0.717, 1.165) is 32.0 Å². The molecule has 1 aromatic carbocycles. The fraction of sp³-hybridized carbons (Fsp3) is 0.409. The van der Waals surface area contributed by atoms with Crippen molar-refractivity contribution in [1.82, 2.24) is 15.0 Å². The van der Waals surface area contributed by atoms with Gasteiger partial charge in [0.05, 0.1) is 6.04 Å². The molecular weight excluding hydrogens is 402 g/mol. The summed E-state index contributed by atoms with van der Waals surface area (Å²) in [4.78, 5) is 23.8. The number of nitriles is 1. The summed E-state index contributed by atoms with van der Waals surface area (Å²) in [6, 6.07) is 6.48. The predicted octanol–water partition coefficient (Wildman–Crippen LogP) is 3.05. The molecule has 3 aliphatic rings. The van der Waals surface area contributed by atoms with Crippen LogP contribution in [0.25, 0.3) is 0 Å². The molecule has 2 fully saturated rings. The summed E-state index contributed by atoms with van der Waals surface area (Å²) < 4.78 is 27.3. The number of halogens is 2. The highest BCUT2D eigenvalue weighted by Gasteiger charge is 2.46. The third-order valence-corrected chi connectivity index (χ3v) is 6.47. The van der Waals surface area contributed by atoms with Gasteiger partial charge in [0.15, 0.2) is 0 Å². The average molecular weight is 422 g/mol. The molecule has 5 rings (SSSR count). The summed E-state index contributed by atoms with van der Waals surface area (Å²) in [5, 5.41) is 14.7.